The minimum absolute atomic E-state index is 0.602. The fraction of sp³-hybridized carbons (Fsp3) is 0.167. The van der Waals surface area contributed by atoms with Crippen LogP contribution in [0.25, 0.3) is 10.8 Å². The zero-order chi connectivity index (χ0) is 14.2. The van der Waals surface area contributed by atoms with Gasteiger partial charge in [-0.3, -0.25) is 4.98 Å². The first-order chi connectivity index (χ1) is 10.3. The average molecular weight is 275 g/mol. The number of pyridine rings is 1. The molecule has 21 heavy (non-hydrogen) atoms. The summed E-state index contributed by atoms with van der Waals surface area (Å²) in [6.45, 7) is 0.949. The van der Waals surface area contributed by atoms with Gasteiger partial charge < -0.3 is 11.1 Å². The smallest absolute Gasteiger partial charge is 0.0437 e. The third kappa shape index (κ3) is 2.02. The normalized spacial score (nSPS) is 16.3. The van der Waals surface area contributed by atoms with Gasteiger partial charge in [-0.25, -0.2) is 0 Å². The van der Waals surface area contributed by atoms with Crippen LogP contribution < -0.4 is 11.1 Å². The number of fused-ring (bicyclic) bond motifs is 2. The topological polar surface area (TPSA) is 50.9 Å². The monoisotopic (exact) mass is 275 g/mol. The summed E-state index contributed by atoms with van der Waals surface area (Å²) < 4.78 is 0. The molecule has 1 aromatic heterocycles. The summed E-state index contributed by atoms with van der Waals surface area (Å²) >= 11 is 0. The number of hydrogen-bond acceptors (Lipinski definition) is 3. The summed E-state index contributed by atoms with van der Waals surface area (Å²) in [6, 6.07) is 14.6. The van der Waals surface area contributed by atoms with E-state index < -0.39 is 0 Å². The van der Waals surface area contributed by atoms with Gasteiger partial charge >= 0.3 is 0 Å². The lowest BCUT2D eigenvalue weighted by Gasteiger charge is -2.30. The van der Waals surface area contributed by atoms with E-state index in [0.717, 1.165) is 35.1 Å². The van der Waals surface area contributed by atoms with Gasteiger partial charge in [0.15, 0.2) is 0 Å². The summed E-state index contributed by atoms with van der Waals surface area (Å²) in [5.41, 5.74) is 10.9. The molecule has 1 aliphatic carbocycles. The first kappa shape index (κ1) is 12.2. The van der Waals surface area contributed by atoms with Crippen molar-refractivity contribution in [3.8, 4) is 0 Å². The van der Waals surface area contributed by atoms with Gasteiger partial charge in [0.1, 0.15) is 0 Å². The van der Waals surface area contributed by atoms with Crippen LogP contribution >= 0.6 is 0 Å². The number of nitrogens with zero attached hydrogens (tertiary/aromatic N) is 1. The Morgan fingerprint density at radius 1 is 1.10 bits per heavy atom. The van der Waals surface area contributed by atoms with Crippen LogP contribution in [0.4, 0.5) is 11.4 Å². The second kappa shape index (κ2) is 4.77. The number of nitrogens with one attached hydrogen (secondary N) is 1. The van der Waals surface area contributed by atoms with E-state index in [-0.39, 0.29) is 0 Å². The van der Waals surface area contributed by atoms with Gasteiger partial charge in [0, 0.05) is 47.0 Å². The van der Waals surface area contributed by atoms with E-state index in [9.17, 15) is 0 Å². The van der Waals surface area contributed by atoms with E-state index in [1.807, 2.05) is 24.4 Å². The van der Waals surface area contributed by atoms with E-state index in [0.29, 0.717) is 5.92 Å². The van der Waals surface area contributed by atoms with Crippen LogP contribution in [-0.4, -0.2) is 11.5 Å². The SMILES string of the molecule is Nc1ccc(NCC2Cc3ccccc32)c2cnccc12. The second-order valence-electron chi connectivity index (χ2n) is 5.60. The molecule has 4 rings (SSSR count). The van der Waals surface area contributed by atoms with Crippen molar-refractivity contribution in [3.63, 3.8) is 0 Å². The van der Waals surface area contributed by atoms with Crippen LogP contribution in [0.1, 0.15) is 17.0 Å². The molecule has 3 N–H and O–H groups in total. The highest BCUT2D eigenvalue weighted by Gasteiger charge is 2.24. The molecule has 2 aromatic carbocycles. The Labute approximate surface area is 123 Å². The lowest BCUT2D eigenvalue weighted by Crippen LogP contribution is -2.24. The Morgan fingerprint density at radius 2 is 2.00 bits per heavy atom. The minimum Gasteiger partial charge on any atom is -0.398 e. The van der Waals surface area contributed by atoms with Crippen LogP contribution in [0, 0.1) is 0 Å². The number of rotatable bonds is 3. The fourth-order valence-corrected chi connectivity index (χ4v) is 3.15. The second-order valence-corrected chi connectivity index (χ2v) is 5.60. The highest BCUT2D eigenvalue weighted by Crippen LogP contribution is 2.35. The molecule has 0 aliphatic heterocycles. The number of anilines is 2. The van der Waals surface area contributed by atoms with Crippen molar-refractivity contribution in [3.05, 3.63) is 66.0 Å². The van der Waals surface area contributed by atoms with Crippen molar-refractivity contribution >= 4 is 22.1 Å². The Balaban J connectivity index is 1.58. The summed E-state index contributed by atoms with van der Waals surface area (Å²) in [6.07, 6.45) is 4.82. The maximum Gasteiger partial charge on any atom is 0.0437 e. The van der Waals surface area contributed by atoms with Crippen molar-refractivity contribution in [2.45, 2.75) is 12.3 Å². The zero-order valence-electron chi connectivity index (χ0n) is 11.7. The summed E-state index contributed by atoms with van der Waals surface area (Å²) in [7, 11) is 0. The third-order valence-corrected chi connectivity index (χ3v) is 4.35. The van der Waals surface area contributed by atoms with Crippen LogP contribution in [0.5, 0.6) is 0 Å². The lowest BCUT2D eigenvalue weighted by atomic mass is 9.77. The molecule has 1 atom stereocenters. The number of nitrogens with two attached hydrogens (primary N) is 1. The van der Waals surface area contributed by atoms with Gasteiger partial charge in [-0.1, -0.05) is 24.3 Å². The predicted octanol–water partition coefficient (Wildman–Crippen LogP) is 3.57. The summed E-state index contributed by atoms with van der Waals surface area (Å²) in [4.78, 5) is 4.22. The largest absolute Gasteiger partial charge is 0.398 e. The molecular formula is C18H17N3. The van der Waals surface area contributed by atoms with Gasteiger partial charge in [0.25, 0.3) is 0 Å². The molecule has 0 bridgehead atoms. The van der Waals surface area contributed by atoms with Gasteiger partial charge in [0.2, 0.25) is 0 Å². The molecule has 3 aromatic rings. The number of benzene rings is 2. The summed E-state index contributed by atoms with van der Waals surface area (Å²) in [5.74, 6) is 0.602. The molecule has 104 valence electrons. The van der Waals surface area contributed by atoms with Crippen molar-refractivity contribution in [1.29, 1.82) is 0 Å². The maximum absolute atomic E-state index is 6.03. The molecule has 3 heteroatoms. The van der Waals surface area contributed by atoms with E-state index in [1.54, 1.807) is 6.20 Å². The van der Waals surface area contributed by atoms with Gasteiger partial charge in [-0.15, -0.1) is 0 Å². The third-order valence-electron chi connectivity index (χ3n) is 4.35. The number of aromatic nitrogens is 1. The van der Waals surface area contributed by atoms with E-state index >= 15 is 0 Å². The average Bonchev–Trinajstić information content (AvgIpc) is 2.50. The standard InChI is InChI=1S/C18H17N3/c19-17-5-6-18(16-11-20-8-7-15(16)17)21-10-13-9-12-3-1-2-4-14(12)13/h1-8,11,13,21H,9-10,19H2. The quantitative estimate of drug-likeness (QED) is 0.718. The van der Waals surface area contributed by atoms with Gasteiger partial charge in [0.05, 0.1) is 0 Å². The van der Waals surface area contributed by atoms with E-state index in [1.165, 1.54) is 11.1 Å². The molecular weight excluding hydrogens is 258 g/mol. The Morgan fingerprint density at radius 3 is 2.90 bits per heavy atom. The Hall–Kier alpha value is -2.55. The lowest BCUT2D eigenvalue weighted by molar-refractivity contribution is 0.636. The van der Waals surface area contributed by atoms with E-state index in [4.69, 9.17) is 5.73 Å². The molecule has 0 spiro atoms. The molecule has 1 heterocycles. The molecule has 0 radical (unpaired) electrons. The van der Waals surface area contributed by atoms with Crippen molar-refractivity contribution < 1.29 is 0 Å². The van der Waals surface area contributed by atoms with Crippen LogP contribution in [0.3, 0.4) is 0 Å². The number of nitrogen functional groups attached to an aromatic ring is 1. The van der Waals surface area contributed by atoms with Gasteiger partial charge in [-0.2, -0.15) is 0 Å². The van der Waals surface area contributed by atoms with Crippen LogP contribution in [-0.2, 0) is 6.42 Å². The fourth-order valence-electron chi connectivity index (χ4n) is 3.15. The van der Waals surface area contributed by atoms with Gasteiger partial charge in [-0.05, 0) is 35.7 Å². The van der Waals surface area contributed by atoms with E-state index in [2.05, 4.69) is 34.6 Å². The first-order valence-electron chi connectivity index (χ1n) is 7.27. The van der Waals surface area contributed by atoms with Crippen molar-refractivity contribution in [1.82, 2.24) is 4.98 Å². The molecule has 0 saturated carbocycles. The number of hydrogen-bond donors (Lipinski definition) is 2. The molecule has 0 fully saturated rings. The van der Waals surface area contributed by atoms with Crippen LogP contribution in [0.2, 0.25) is 0 Å². The minimum atomic E-state index is 0.602. The summed E-state index contributed by atoms with van der Waals surface area (Å²) in [5, 5.41) is 5.71. The highest BCUT2D eigenvalue weighted by molar-refractivity contribution is 6.00. The molecule has 0 saturated heterocycles. The van der Waals surface area contributed by atoms with Crippen molar-refractivity contribution in [2.24, 2.45) is 0 Å². The molecule has 0 amide bonds. The molecule has 1 unspecified atom stereocenters. The Kier molecular flexibility index (Phi) is 2.78. The maximum atomic E-state index is 6.03. The van der Waals surface area contributed by atoms with Crippen LogP contribution in [0.15, 0.2) is 54.9 Å². The zero-order valence-corrected chi connectivity index (χ0v) is 11.7. The Bertz CT molecular complexity index is 810. The highest BCUT2D eigenvalue weighted by atomic mass is 14.9. The molecule has 3 nitrogen and oxygen atoms in total. The first-order valence-corrected chi connectivity index (χ1v) is 7.27. The predicted molar refractivity (Wildman–Crippen MR) is 87.5 cm³/mol. The molecule has 1 aliphatic rings. The van der Waals surface area contributed by atoms with Crippen molar-refractivity contribution in [2.75, 3.05) is 17.6 Å².